The summed E-state index contributed by atoms with van der Waals surface area (Å²) in [5, 5.41) is 12.2. The monoisotopic (exact) mass is 271 g/mol. The molecule has 0 aromatic heterocycles. The third kappa shape index (κ3) is 3.95. The van der Waals surface area contributed by atoms with Crippen LogP contribution in [0, 0.1) is 5.82 Å². The average Bonchev–Trinajstić information content (AvgIpc) is 2.44. The van der Waals surface area contributed by atoms with Crippen molar-refractivity contribution in [3.63, 3.8) is 0 Å². The molecule has 0 heterocycles. The highest BCUT2D eigenvalue weighted by molar-refractivity contribution is 5.92. The molecule has 1 amide bonds. The fraction of sp³-hybridized carbons (Fsp3) is 0.0625. The molecule has 0 spiro atoms. The van der Waals surface area contributed by atoms with Crippen molar-refractivity contribution in [1.82, 2.24) is 5.32 Å². The van der Waals surface area contributed by atoms with Gasteiger partial charge in [-0.05, 0) is 29.8 Å². The lowest BCUT2D eigenvalue weighted by Gasteiger charge is -2.02. The third-order valence-electron chi connectivity index (χ3n) is 2.71. The van der Waals surface area contributed by atoms with Gasteiger partial charge in [-0.1, -0.05) is 30.3 Å². The van der Waals surface area contributed by atoms with Gasteiger partial charge in [-0.2, -0.15) is 0 Å². The summed E-state index contributed by atoms with van der Waals surface area (Å²) in [5.41, 5.74) is 1.25. The zero-order valence-corrected chi connectivity index (χ0v) is 10.7. The van der Waals surface area contributed by atoms with Crippen LogP contribution in [-0.4, -0.2) is 11.0 Å². The molecule has 4 heteroatoms. The van der Waals surface area contributed by atoms with Crippen molar-refractivity contribution in [3.05, 3.63) is 71.6 Å². The van der Waals surface area contributed by atoms with Gasteiger partial charge < -0.3 is 10.4 Å². The molecule has 0 atom stereocenters. The largest absolute Gasteiger partial charge is 0.507 e. The molecule has 2 aromatic rings. The number of carbonyl (C=O) groups is 1. The Hall–Kier alpha value is -2.62. The van der Waals surface area contributed by atoms with E-state index in [2.05, 4.69) is 5.32 Å². The maximum atomic E-state index is 13.0. The molecule has 0 saturated heterocycles. The Morgan fingerprint density at radius 1 is 1.20 bits per heavy atom. The lowest BCUT2D eigenvalue weighted by Crippen LogP contribution is -2.20. The van der Waals surface area contributed by atoms with Gasteiger partial charge in [0.05, 0.1) is 0 Å². The SMILES string of the molecule is O=C(C=Cc1ccccc1O)NCc1cccc(F)c1. The number of amides is 1. The summed E-state index contributed by atoms with van der Waals surface area (Å²) < 4.78 is 13.0. The van der Waals surface area contributed by atoms with Crippen molar-refractivity contribution < 1.29 is 14.3 Å². The summed E-state index contributed by atoms with van der Waals surface area (Å²) in [7, 11) is 0. The van der Waals surface area contributed by atoms with Crippen LogP contribution in [-0.2, 0) is 11.3 Å². The fourth-order valence-corrected chi connectivity index (χ4v) is 1.69. The normalized spacial score (nSPS) is 10.7. The Bertz CT molecular complexity index is 638. The molecule has 0 bridgehead atoms. The summed E-state index contributed by atoms with van der Waals surface area (Å²) >= 11 is 0. The van der Waals surface area contributed by atoms with E-state index in [1.54, 1.807) is 36.4 Å². The summed E-state index contributed by atoms with van der Waals surface area (Å²) in [6, 6.07) is 12.8. The molecule has 20 heavy (non-hydrogen) atoms. The van der Waals surface area contributed by atoms with Gasteiger partial charge in [0, 0.05) is 18.2 Å². The van der Waals surface area contributed by atoms with Crippen molar-refractivity contribution in [3.8, 4) is 5.75 Å². The van der Waals surface area contributed by atoms with Crippen LogP contribution in [0.5, 0.6) is 5.75 Å². The van der Waals surface area contributed by atoms with E-state index in [-0.39, 0.29) is 24.0 Å². The van der Waals surface area contributed by atoms with Crippen LogP contribution in [0.15, 0.2) is 54.6 Å². The molecule has 0 aliphatic rings. The average molecular weight is 271 g/mol. The molecular weight excluding hydrogens is 257 g/mol. The van der Waals surface area contributed by atoms with Crippen molar-refractivity contribution in [1.29, 1.82) is 0 Å². The Labute approximate surface area is 116 Å². The van der Waals surface area contributed by atoms with Gasteiger partial charge in [-0.15, -0.1) is 0 Å². The van der Waals surface area contributed by atoms with Crippen molar-refractivity contribution >= 4 is 12.0 Å². The Morgan fingerprint density at radius 2 is 2.00 bits per heavy atom. The molecular formula is C16H14FNO2. The number of rotatable bonds is 4. The predicted octanol–water partition coefficient (Wildman–Crippen LogP) is 2.86. The second kappa shape index (κ2) is 6.52. The van der Waals surface area contributed by atoms with Gasteiger partial charge in [0.15, 0.2) is 0 Å². The van der Waals surface area contributed by atoms with E-state index in [1.807, 2.05) is 0 Å². The molecule has 0 aliphatic heterocycles. The lowest BCUT2D eigenvalue weighted by atomic mass is 10.2. The number of hydrogen-bond acceptors (Lipinski definition) is 2. The first-order chi connectivity index (χ1) is 9.65. The maximum Gasteiger partial charge on any atom is 0.244 e. The van der Waals surface area contributed by atoms with Crippen LogP contribution in [0.1, 0.15) is 11.1 Å². The maximum absolute atomic E-state index is 13.0. The quantitative estimate of drug-likeness (QED) is 0.840. The van der Waals surface area contributed by atoms with Crippen LogP contribution in [0.3, 0.4) is 0 Å². The molecule has 3 nitrogen and oxygen atoms in total. The van der Waals surface area contributed by atoms with Gasteiger partial charge >= 0.3 is 0 Å². The summed E-state index contributed by atoms with van der Waals surface area (Å²) in [5.74, 6) is -0.527. The van der Waals surface area contributed by atoms with Gasteiger partial charge in [-0.3, -0.25) is 4.79 Å². The Balaban J connectivity index is 1.91. The van der Waals surface area contributed by atoms with E-state index in [4.69, 9.17) is 0 Å². The zero-order chi connectivity index (χ0) is 14.4. The first-order valence-electron chi connectivity index (χ1n) is 6.13. The number of phenols is 1. The number of carbonyl (C=O) groups excluding carboxylic acids is 1. The standard InChI is InChI=1S/C16H14FNO2/c17-14-6-3-4-12(10-14)11-18-16(20)9-8-13-5-1-2-7-15(13)19/h1-10,19H,11H2,(H,18,20). The van der Waals surface area contributed by atoms with E-state index in [9.17, 15) is 14.3 Å². The highest BCUT2D eigenvalue weighted by atomic mass is 19.1. The highest BCUT2D eigenvalue weighted by Gasteiger charge is 1.99. The smallest absolute Gasteiger partial charge is 0.244 e. The van der Waals surface area contributed by atoms with Crippen LogP contribution < -0.4 is 5.32 Å². The number of benzene rings is 2. The molecule has 0 aliphatic carbocycles. The number of aromatic hydroxyl groups is 1. The van der Waals surface area contributed by atoms with Gasteiger partial charge in [0.1, 0.15) is 11.6 Å². The van der Waals surface area contributed by atoms with Crippen LogP contribution in [0.25, 0.3) is 6.08 Å². The van der Waals surface area contributed by atoms with Crippen molar-refractivity contribution in [2.75, 3.05) is 0 Å². The molecule has 0 unspecified atom stereocenters. The molecule has 0 fully saturated rings. The topological polar surface area (TPSA) is 49.3 Å². The first-order valence-corrected chi connectivity index (χ1v) is 6.13. The van der Waals surface area contributed by atoms with Crippen LogP contribution in [0.2, 0.25) is 0 Å². The number of nitrogens with one attached hydrogen (secondary N) is 1. The predicted molar refractivity (Wildman–Crippen MR) is 75.4 cm³/mol. The lowest BCUT2D eigenvalue weighted by molar-refractivity contribution is -0.116. The summed E-state index contributed by atoms with van der Waals surface area (Å²) in [6.07, 6.45) is 2.85. The van der Waals surface area contributed by atoms with E-state index >= 15 is 0 Å². The molecule has 2 rings (SSSR count). The number of halogens is 1. The molecule has 102 valence electrons. The van der Waals surface area contributed by atoms with Crippen molar-refractivity contribution in [2.45, 2.75) is 6.54 Å². The van der Waals surface area contributed by atoms with Gasteiger partial charge in [-0.25, -0.2) is 4.39 Å². The zero-order valence-electron chi connectivity index (χ0n) is 10.7. The van der Waals surface area contributed by atoms with Crippen molar-refractivity contribution in [2.24, 2.45) is 0 Å². The van der Waals surface area contributed by atoms with E-state index in [1.165, 1.54) is 24.3 Å². The minimum atomic E-state index is -0.332. The molecule has 2 aromatic carbocycles. The number of hydrogen-bond donors (Lipinski definition) is 2. The summed E-state index contributed by atoms with van der Waals surface area (Å²) in [6.45, 7) is 0.252. The number of phenolic OH excluding ortho intramolecular Hbond substituents is 1. The van der Waals surface area contributed by atoms with E-state index in [0.717, 1.165) is 0 Å². The second-order valence-electron chi connectivity index (χ2n) is 4.24. The molecule has 0 radical (unpaired) electrons. The second-order valence-corrected chi connectivity index (χ2v) is 4.24. The first kappa shape index (κ1) is 13.8. The van der Waals surface area contributed by atoms with Crippen LogP contribution in [0.4, 0.5) is 4.39 Å². The Kier molecular flexibility index (Phi) is 4.50. The van der Waals surface area contributed by atoms with Crippen LogP contribution >= 0.6 is 0 Å². The van der Waals surface area contributed by atoms with Gasteiger partial charge in [0.25, 0.3) is 0 Å². The third-order valence-corrected chi connectivity index (χ3v) is 2.71. The molecule has 0 saturated carbocycles. The number of para-hydroxylation sites is 1. The van der Waals surface area contributed by atoms with Gasteiger partial charge in [0.2, 0.25) is 5.91 Å². The highest BCUT2D eigenvalue weighted by Crippen LogP contribution is 2.16. The minimum Gasteiger partial charge on any atom is -0.507 e. The Morgan fingerprint density at radius 3 is 2.75 bits per heavy atom. The van der Waals surface area contributed by atoms with E-state index in [0.29, 0.717) is 11.1 Å². The fourth-order valence-electron chi connectivity index (χ4n) is 1.69. The van der Waals surface area contributed by atoms with E-state index < -0.39 is 0 Å². The molecule has 2 N–H and O–H groups in total. The summed E-state index contributed by atoms with van der Waals surface area (Å²) in [4.78, 5) is 11.6. The minimum absolute atomic E-state index is 0.113.